The van der Waals surface area contributed by atoms with Crippen molar-refractivity contribution in [2.75, 3.05) is 0 Å². The summed E-state index contributed by atoms with van der Waals surface area (Å²) in [7, 11) is -4.04. The van der Waals surface area contributed by atoms with E-state index >= 15 is 0 Å². The number of rotatable bonds is 4. The Hall–Kier alpha value is -0.436. The van der Waals surface area contributed by atoms with Gasteiger partial charge in [0.15, 0.2) is 16.6 Å². The summed E-state index contributed by atoms with van der Waals surface area (Å²) < 4.78 is 19.3. The van der Waals surface area contributed by atoms with Crippen molar-refractivity contribution < 1.29 is 18.4 Å². The molecule has 1 heterocycles. The third-order valence-electron chi connectivity index (χ3n) is 7.19. The number of cyclic esters (lactones) is 1. The molecule has 1 aliphatic rings. The molecule has 0 saturated carbocycles. The predicted octanol–water partition coefficient (Wildman–Crippen LogP) is 7.22. The van der Waals surface area contributed by atoms with Crippen LogP contribution in [0, 0.1) is 0 Å². The topological polar surface area (TPSA) is 44.8 Å². The number of hydrogen-bond acceptors (Lipinski definition) is 4. The molecule has 1 aliphatic heterocycles. The van der Waals surface area contributed by atoms with Crippen molar-refractivity contribution in [3.63, 3.8) is 0 Å². The molecule has 0 aromatic carbocycles. The first-order chi connectivity index (χ1) is 13.5. The molecule has 0 bridgehead atoms. The summed E-state index contributed by atoms with van der Waals surface area (Å²) in [4.78, 5) is 12.4. The van der Waals surface area contributed by atoms with Crippen LogP contribution in [-0.4, -0.2) is 40.9 Å². The van der Waals surface area contributed by atoms with Gasteiger partial charge in [0.2, 0.25) is 0 Å². The summed E-state index contributed by atoms with van der Waals surface area (Å²) in [6.07, 6.45) is 8.33. The average Bonchev–Trinajstić information content (AvgIpc) is 2.54. The van der Waals surface area contributed by atoms with Crippen LogP contribution in [-0.2, 0) is 18.4 Å². The van der Waals surface area contributed by atoms with E-state index < -0.39 is 16.6 Å². The second-order valence-corrected chi connectivity index (χ2v) is 21.5. The van der Waals surface area contributed by atoms with Gasteiger partial charge in [-0.2, -0.15) is 0 Å². The summed E-state index contributed by atoms with van der Waals surface area (Å²) in [5, 5.41) is 0.206. The molecule has 0 aromatic rings. The van der Waals surface area contributed by atoms with Gasteiger partial charge in [0.1, 0.15) is 0 Å². The molecule has 176 valence electrons. The van der Waals surface area contributed by atoms with Gasteiger partial charge < -0.3 is 13.6 Å². The lowest BCUT2D eigenvalue weighted by atomic mass is 10.0. The molecule has 0 spiro atoms. The number of ether oxygens (including phenoxy) is 1. The first kappa shape index (κ1) is 27.6. The highest BCUT2D eigenvalue weighted by atomic mass is 28.4. The number of carbonyl (C=O) groups excluding carboxylic acids is 1. The van der Waals surface area contributed by atoms with E-state index in [-0.39, 0.29) is 34.4 Å². The van der Waals surface area contributed by atoms with Gasteiger partial charge >= 0.3 is 5.97 Å². The highest BCUT2D eigenvalue weighted by Crippen LogP contribution is 2.41. The van der Waals surface area contributed by atoms with E-state index in [1.807, 2.05) is 13.0 Å². The van der Waals surface area contributed by atoms with Gasteiger partial charge in [-0.1, -0.05) is 54.4 Å². The summed E-state index contributed by atoms with van der Waals surface area (Å²) in [5.74, 6) is -0.280. The maximum atomic E-state index is 12.4. The predicted molar refractivity (Wildman–Crippen MR) is 132 cm³/mol. The zero-order valence-electron chi connectivity index (χ0n) is 21.6. The van der Waals surface area contributed by atoms with Crippen LogP contribution in [0.1, 0.15) is 80.6 Å². The van der Waals surface area contributed by atoms with E-state index in [1.54, 1.807) is 6.08 Å². The molecule has 30 heavy (non-hydrogen) atoms. The van der Waals surface area contributed by atoms with Crippen molar-refractivity contribution in [2.45, 2.75) is 135 Å². The lowest BCUT2D eigenvalue weighted by Gasteiger charge is -2.44. The fourth-order valence-electron chi connectivity index (χ4n) is 3.03. The number of esters is 1. The largest absolute Gasteiger partial charge is 0.460 e. The van der Waals surface area contributed by atoms with Crippen molar-refractivity contribution in [3.8, 4) is 0 Å². The third kappa shape index (κ3) is 8.25. The maximum absolute atomic E-state index is 12.4. The highest BCUT2D eigenvalue weighted by molar-refractivity contribution is 6.74. The molecule has 0 amide bonds. The van der Waals surface area contributed by atoms with Gasteiger partial charge in [-0.05, 0) is 68.5 Å². The van der Waals surface area contributed by atoms with Crippen molar-refractivity contribution in [3.05, 3.63) is 12.2 Å². The highest BCUT2D eigenvalue weighted by Gasteiger charge is 2.44. The monoisotopic (exact) mass is 456 g/mol. The Balaban J connectivity index is 3.29. The van der Waals surface area contributed by atoms with E-state index in [9.17, 15) is 4.79 Å². The molecule has 0 aliphatic carbocycles. The lowest BCUT2D eigenvalue weighted by Crippen LogP contribution is -2.51. The van der Waals surface area contributed by atoms with Crippen LogP contribution in [0.2, 0.25) is 36.3 Å². The fraction of sp³-hybridized carbons (Fsp3) is 0.875. The van der Waals surface area contributed by atoms with Gasteiger partial charge in [0.05, 0.1) is 18.3 Å². The molecule has 0 fully saturated rings. The minimum Gasteiger partial charge on any atom is -0.460 e. The molecule has 0 aromatic heterocycles. The molecule has 3 atom stereocenters. The maximum Gasteiger partial charge on any atom is 0.330 e. The quantitative estimate of drug-likeness (QED) is 0.331. The van der Waals surface area contributed by atoms with Gasteiger partial charge in [-0.15, -0.1) is 0 Å². The van der Waals surface area contributed by atoms with E-state index in [2.05, 4.69) is 67.7 Å². The van der Waals surface area contributed by atoms with E-state index in [1.165, 1.54) is 0 Å². The van der Waals surface area contributed by atoms with Gasteiger partial charge in [-0.3, -0.25) is 0 Å². The zero-order valence-corrected chi connectivity index (χ0v) is 23.6. The normalized spacial score (nSPS) is 27.0. The van der Waals surface area contributed by atoms with Gasteiger partial charge in [0, 0.05) is 6.08 Å². The van der Waals surface area contributed by atoms with Crippen molar-refractivity contribution in [2.24, 2.45) is 0 Å². The average molecular weight is 457 g/mol. The summed E-state index contributed by atoms with van der Waals surface area (Å²) in [5.41, 5.74) is 0. The Bertz CT molecular complexity index is 585. The van der Waals surface area contributed by atoms with Crippen molar-refractivity contribution in [1.82, 2.24) is 0 Å². The summed E-state index contributed by atoms with van der Waals surface area (Å²) in [6, 6.07) is 0. The Morgan fingerprint density at radius 2 is 1.37 bits per heavy atom. The Morgan fingerprint density at radius 1 is 0.867 bits per heavy atom. The van der Waals surface area contributed by atoms with Crippen LogP contribution in [0.3, 0.4) is 0 Å². The standard InChI is InChI=1S/C24H48O4Si2/c1-19-15-13-12-14-16-20(27-29(8,9)23(2,3)4)21(17-18-22(25)26-19)28-30(10,11)24(5,6)7/h17-21H,12-16H2,1-11H3/b18-17+/t19-,20+,21-/m1/s1. The number of carbonyl (C=O) groups is 1. The molecule has 6 heteroatoms. The second kappa shape index (κ2) is 10.5. The molecule has 1 rings (SSSR count). The lowest BCUT2D eigenvalue weighted by molar-refractivity contribution is -0.142. The summed E-state index contributed by atoms with van der Waals surface area (Å²) >= 11 is 0. The Morgan fingerprint density at radius 3 is 1.90 bits per heavy atom. The van der Waals surface area contributed by atoms with Gasteiger partial charge in [-0.25, -0.2) is 4.79 Å². The van der Waals surface area contributed by atoms with Crippen molar-refractivity contribution >= 4 is 22.6 Å². The van der Waals surface area contributed by atoms with Crippen LogP contribution in [0.4, 0.5) is 0 Å². The molecule has 0 radical (unpaired) electrons. The SMILES string of the molecule is C[C@@H]1CCCCC[C@H](O[Si](C)(C)C(C)(C)C)[C@H](O[Si](C)(C)C(C)(C)C)/C=C/C(=O)O1. The first-order valence-corrected chi connectivity index (χ1v) is 17.5. The second-order valence-electron chi connectivity index (χ2n) is 12.0. The van der Waals surface area contributed by atoms with Crippen LogP contribution >= 0.6 is 0 Å². The van der Waals surface area contributed by atoms with Gasteiger partial charge in [0.25, 0.3) is 0 Å². The van der Waals surface area contributed by atoms with E-state index in [0.29, 0.717) is 0 Å². The minimum atomic E-state index is -2.05. The first-order valence-electron chi connectivity index (χ1n) is 11.7. The van der Waals surface area contributed by atoms with Crippen molar-refractivity contribution in [1.29, 1.82) is 0 Å². The molecular formula is C24H48O4Si2. The third-order valence-corrected chi connectivity index (χ3v) is 16.2. The van der Waals surface area contributed by atoms with Crippen LogP contribution in [0.25, 0.3) is 0 Å². The molecule has 4 nitrogen and oxygen atoms in total. The zero-order chi connectivity index (χ0) is 23.4. The molecular weight excluding hydrogens is 408 g/mol. The minimum absolute atomic E-state index is 0.0408. The Labute approximate surface area is 188 Å². The molecule has 0 unspecified atom stereocenters. The van der Waals surface area contributed by atoms with Crippen LogP contribution in [0.15, 0.2) is 12.2 Å². The summed E-state index contributed by atoms with van der Waals surface area (Å²) in [6.45, 7) is 24.7. The smallest absolute Gasteiger partial charge is 0.330 e. The number of hydrogen-bond donors (Lipinski definition) is 0. The Kier molecular flexibility index (Phi) is 9.62. The van der Waals surface area contributed by atoms with E-state index in [4.69, 9.17) is 13.6 Å². The molecule has 0 N–H and O–H groups in total. The van der Waals surface area contributed by atoms with Crippen LogP contribution in [0.5, 0.6) is 0 Å². The molecule has 0 saturated heterocycles. The van der Waals surface area contributed by atoms with Crippen LogP contribution < -0.4 is 0 Å². The van der Waals surface area contributed by atoms with E-state index in [0.717, 1.165) is 32.1 Å². The fourth-order valence-corrected chi connectivity index (χ4v) is 5.65.